The average molecular weight is 327 g/mol. The Bertz CT molecular complexity index is 717. The van der Waals surface area contributed by atoms with Crippen LogP contribution >= 0.6 is 0 Å². The third-order valence-electron chi connectivity index (χ3n) is 5.31. The third kappa shape index (κ3) is 4.14. The maximum atomic E-state index is 13.8. The Labute approximate surface area is 148 Å². The van der Waals surface area contributed by atoms with E-state index < -0.39 is 49.0 Å². The zero-order chi connectivity index (χ0) is 21.6. The molecule has 1 aromatic carbocycles. The Hall–Kier alpha value is -0.920. The molecule has 4 atom stereocenters. The molecule has 2 heteroatoms. The minimum atomic E-state index is -2.22. The zero-order valence-electron chi connectivity index (χ0n) is 19.7. The van der Waals surface area contributed by atoms with E-state index >= 15 is 0 Å². The molecule has 1 aromatic rings. The lowest BCUT2D eigenvalue weighted by Crippen LogP contribution is -2.25. The van der Waals surface area contributed by atoms with Gasteiger partial charge < -0.3 is 0 Å². The van der Waals surface area contributed by atoms with E-state index in [-0.39, 0.29) is 11.5 Å². The van der Waals surface area contributed by atoms with E-state index in [1.165, 1.54) is 6.07 Å². The maximum absolute atomic E-state index is 13.8. The molecule has 2 fully saturated rings. The van der Waals surface area contributed by atoms with Crippen molar-refractivity contribution in [3.05, 3.63) is 35.4 Å². The fourth-order valence-corrected chi connectivity index (χ4v) is 3.93. The number of halogens is 2. The monoisotopic (exact) mass is 326 g/mol. The Morgan fingerprint density at radius 3 is 2.48 bits per heavy atom. The Kier molecular flexibility index (Phi) is 3.66. The molecule has 0 saturated heterocycles. The van der Waals surface area contributed by atoms with Crippen LogP contribution in [0.25, 0.3) is 0 Å². The second kappa shape index (κ2) is 7.77. The number of rotatable bonds is 4. The van der Waals surface area contributed by atoms with Crippen molar-refractivity contribution in [2.75, 3.05) is 0 Å². The first-order chi connectivity index (χ1) is 13.5. The van der Waals surface area contributed by atoms with Gasteiger partial charge in [0.05, 0.1) is 0 Å². The van der Waals surface area contributed by atoms with Gasteiger partial charge in [0, 0.05) is 8.22 Å². The molecule has 2 saturated carbocycles. The zero-order valence-corrected chi connectivity index (χ0v) is 13.7. The van der Waals surface area contributed by atoms with Gasteiger partial charge in [-0.2, -0.15) is 0 Å². The Morgan fingerprint density at radius 2 is 1.78 bits per heavy atom. The van der Waals surface area contributed by atoms with E-state index in [0.717, 1.165) is 50.7 Å². The summed E-state index contributed by atoms with van der Waals surface area (Å²) in [5.74, 6) is -3.96. The van der Waals surface area contributed by atoms with E-state index in [1.54, 1.807) is 0 Å². The van der Waals surface area contributed by atoms with Crippen molar-refractivity contribution in [3.63, 3.8) is 0 Å². The summed E-state index contributed by atoms with van der Waals surface area (Å²) in [4.78, 5) is 0. The molecule has 0 aromatic heterocycles. The van der Waals surface area contributed by atoms with Crippen LogP contribution in [0, 0.1) is 29.4 Å². The SMILES string of the molecule is [2H]C1C(c2ccc(F)c(F)c2)C([2H])([2H])[C@H]([2H])[C@@H](C2CCC(CCC)CC2)C1([2H])[2H]. The van der Waals surface area contributed by atoms with E-state index in [4.69, 9.17) is 8.22 Å². The lowest BCUT2D eigenvalue weighted by molar-refractivity contribution is 0.156. The number of benzene rings is 1. The molecule has 23 heavy (non-hydrogen) atoms. The van der Waals surface area contributed by atoms with Gasteiger partial charge in [-0.15, -0.1) is 0 Å². The molecule has 2 aliphatic rings. The Balaban J connectivity index is 1.91. The molecule has 0 radical (unpaired) electrons. The van der Waals surface area contributed by atoms with Gasteiger partial charge in [-0.05, 0) is 79.7 Å². The summed E-state index contributed by atoms with van der Waals surface area (Å²) in [7, 11) is 0. The topological polar surface area (TPSA) is 0 Å². The molecule has 0 aliphatic heterocycles. The lowest BCUT2D eigenvalue weighted by Gasteiger charge is -2.38. The molecule has 2 unspecified atom stereocenters. The molecular formula is C21H30F2. The average Bonchev–Trinajstić information content (AvgIpc) is 2.65. The van der Waals surface area contributed by atoms with Gasteiger partial charge in [0.2, 0.25) is 0 Å². The number of hydrogen-bond acceptors (Lipinski definition) is 0. The van der Waals surface area contributed by atoms with Crippen molar-refractivity contribution >= 4 is 0 Å². The van der Waals surface area contributed by atoms with Gasteiger partial charge in [-0.3, -0.25) is 0 Å². The van der Waals surface area contributed by atoms with Crippen LogP contribution in [-0.4, -0.2) is 0 Å². The molecule has 3 rings (SSSR count). The largest absolute Gasteiger partial charge is 0.204 e. The van der Waals surface area contributed by atoms with Crippen LogP contribution in [0.3, 0.4) is 0 Å². The highest BCUT2D eigenvalue weighted by molar-refractivity contribution is 5.22. The molecule has 0 bridgehead atoms. The molecule has 2 aliphatic carbocycles. The van der Waals surface area contributed by atoms with Gasteiger partial charge >= 0.3 is 0 Å². The molecule has 0 heterocycles. The first-order valence-electron chi connectivity index (χ1n) is 12.0. The van der Waals surface area contributed by atoms with Gasteiger partial charge in [-0.1, -0.05) is 38.7 Å². The van der Waals surface area contributed by atoms with Crippen molar-refractivity contribution in [2.45, 2.75) is 76.9 Å². The van der Waals surface area contributed by atoms with Crippen LogP contribution in [0.4, 0.5) is 8.78 Å². The predicted octanol–water partition coefficient (Wildman–Crippen LogP) is 6.85. The van der Waals surface area contributed by atoms with Crippen LogP contribution < -0.4 is 0 Å². The summed E-state index contributed by atoms with van der Waals surface area (Å²) in [6.45, 7) is 2.14. The van der Waals surface area contributed by atoms with Crippen LogP contribution in [0.2, 0.25) is 0 Å². The normalized spacial score (nSPS) is 46.6. The molecule has 0 amide bonds. The van der Waals surface area contributed by atoms with Crippen molar-refractivity contribution < 1.29 is 17.0 Å². The van der Waals surface area contributed by atoms with Crippen LogP contribution in [0.5, 0.6) is 0 Å². The maximum Gasteiger partial charge on any atom is 0.159 e. The summed E-state index contributed by atoms with van der Waals surface area (Å²) in [6, 6.07) is 2.93. The van der Waals surface area contributed by atoms with E-state index in [9.17, 15) is 8.78 Å². The highest BCUT2D eigenvalue weighted by atomic mass is 19.2. The fraction of sp³-hybridized carbons (Fsp3) is 0.714. The highest BCUT2D eigenvalue weighted by Crippen LogP contribution is 2.44. The fourth-order valence-electron chi connectivity index (χ4n) is 3.93. The lowest BCUT2D eigenvalue weighted by atomic mass is 9.68. The van der Waals surface area contributed by atoms with Gasteiger partial charge in [-0.25, -0.2) is 8.78 Å². The summed E-state index contributed by atoms with van der Waals surface area (Å²) >= 11 is 0. The van der Waals surface area contributed by atoms with Crippen molar-refractivity contribution in [1.82, 2.24) is 0 Å². The van der Waals surface area contributed by atoms with Crippen LogP contribution in [0.15, 0.2) is 18.2 Å². The van der Waals surface area contributed by atoms with E-state index in [1.807, 2.05) is 0 Å². The van der Waals surface area contributed by atoms with Crippen LogP contribution in [-0.2, 0) is 0 Å². The number of hydrogen-bond donors (Lipinski definition) is 0. The summed E-state index contributed by atoms with van der Waals surface area (Å²) in [5, 5.41) is 0. The van der Waals surface area contributed by atoms with E-state index in [0.29, 0.717) is 5.92 Å². The minimum Gasteiger partial charge on any atom is -0.204 e. The van der Waals surface area contributed by atoms with Gasteiger partial charge in [0.15, 0.2) is 11.6 Å². The molecule has 0 N–H and O–H groups in total. The van der Waals surface area contributed by atoms with Gasteiger partial charge in [0.25, 0.3) is 0 Å². The molecular weight excluding hydrogens is 290 g/mol. The van der Waals surface area contributed by atoms with E-state index in [2.05, 4.69) is 6.92 Å². The van der Waals surface area contributed by atoms with Crippen molar-refractivity contribution in [1.29, 1.82) is 0 Å². The first-order valence-corrected chi connectivity index (χ1v) is 8.81. The Morgan fingerprint density at radius 1 is 1.00 bits per heavy atom. The van der Waals surface area contributed by atoms with Crippen molar-refractivity contribution in [2.24, 2.45) is 17.8 Å². The summed E-state index contributed by atoms with van der Waals surface area (Å²) in [5.41, 5.74) is 0.0418. The van der Waals surface area contributed by atoms with Crippen molar-refractivity contribution in [3.8, 4) is 0 Å². The smallest absolute Gasteiger partial charge is 0.159 e. The quantitative estimate of drug-likeness (QED) is 0.568. The third-order valence-corrected chi connectivity index (χ3v) is 5.31. The van der Waals surface area contributed by atoms with Crippen LogP contribution in [0.1, 0.15) is 90.7 Å². The second-order valence-electron chi connectivity index (χ2n) is 6.91. The standard InChI is InChI=1S/C21H30F2/c1-2-3-15-4-6-16(7-5-15)17-8-10-18(11-9-17)19-12-13-20(22)21(23)14-19/h12-18H,2-11H2,1H3/t15?,16?,17-,18?/i8D,9D2,10D2,11D/t8-,11?,15?,16?,17+,18?/m0/s1. The highest BCUT2D eigenvalue weighted by Gasteiger charge is 2.31. The second-order valence-corrected chi connectivity index (χ2v) is 6.91. The summed E-state index contributed by atoms with van der Waals surface area (Å²) in [6.07, 6.45) is -1.52. The molecule has 0 spiro atoms. The predicted molar refractivity (Wildman–Crippen MR) is 91.4 cm³/mol. The molecule has 0 nitrogen and oxygen atoms in total. The minimum absolute atomic E-state index is 0.0418. The first kappa shape index (κ1) is 10.8. The molecule has 128 valence electrons. The summed E-state index contributed by atoms with van der Waals surface area (Å²) < 4.78 is 78.9. The van der Waals surface area contributed by atoms with Gasteiger partial charge in [0.1, 0.15) is 0 Å².